The lowest BCUT2D eigenvalue weighted by molar-refractivity contribution is -0.118. The highest BCUT2D eigenvalue weighted by Crippen LogP contribution is 2.03. The van der Waals surface area contributed by atoms with Crippen LogP contribution in [0.5, 0.6) is 0 Å². The molecule has 0 aliphatic heterocycles. The average molecular weight is 210 g/mol. The molecule has 1 heterocycles. The largest absolute Gasteiger partial charge is 0.330 e. The summed E-state index contributed by atoms with van der Waals surface area (Å²) >= 11 is 0. The van der Waals surface area contributed by atoms with Crippen LogP contribution in [0.4, 0.5) is 0 Å². The molecule has 0 atom stereocenters. The molecular weight excluding hydrogens is 192 g/mol. The number of nitrogens with zero attached hydrogens (tertiary/aromatic N) is 3. The van der Waals surface area contributed by atoms with Gasteiger partial charge in [0.15, 0.2) is 0 Å². The molecule has 0 amide bonds. The highest BCUT2D eigenvalue weighted by atomic mass is 16.1. The summed E-state index contributed by atoms with van der Waals surface area (Å²) < 4.78 is 1.79. The first kappa shape index (κ1) is 11.8. The standard InChI is InChI=1S/C10H18N4O/c1-8(2)6-14-10(12-7-13-14)5-9(15)3-4-11/h7-8H,3-6,11H2,1-2H3. The number of ketones is 1. The lowest BCUT2D eigenvalue weighted by Crippen LogP contribution is -2.16. The summed E-state index contributed by atoms with van der Waals surface area (Å²) in [5.41, 5.74) is 5.31. The molecule has 2 N–H and O–H groups in total. The summed E-state index contributed by atoms with van der Waals surface area (Å²) in [6.45, 7) is 5.41. The first-order chi connectivity index (χ1) is 7.13. The molecule has 0 aliphatic carbocycles. The second-order valence-corrected chi connectivity index (χ2v) is 4.01. The molecule has 1 rings (SSSR count). The molecule has 5 heteroatoms. The maximum atomic E-state index is 11.4. The van der Waals surface area contributed by atoms with E-state index in [9.17, 15) is 4.79 Å². The second-order valence-electron chi connectivity index (χ2n) is 4.01. The number of Topliss-reactive ketones (excluding diaryl/α,β-unsaturated/α-hetero) is 1. The molecule has 0 saturated carbocycles. The molecule has 0 unspecified atom stereocenters. The fraction of sp³-hybridized carbons (Fsp3) is 0.700. The number of hydrogen-bond acceptors (Lipinski definition) is 4. The fourth-order valence-electron chi connectivity index (χ4n) is 1.35. The van der Waals surface area contributed by atoms with Crippen molar-refractivity contribution in [3.8, 4) is 0 Å². The Labute approximate surface area is 89.7 Å². The third-order valence-corrected chi connectivity index (χ3v) is 2.01. The molecule has 1 aromatic heterocycles. The molecule has 0 saturated heterocycles. The van der Waals surface area contributed by atoms with Crippen LogP contribution in [0.3, 0.4) is 0 Å². The van der Waals surface area contributed by atoms with Crippen LogP contribution in [0.25, 0.3) is 0 Å². The minimum atomic E-state index is 0.121. The van der Waals surface area contributed by atoms with Gasteiger partial charge in [-0.05, 0) is 12.5 Å². The summed E-state index contributed by atoms with van der Waals surface area (Å²) in [5.74, 6) is 1.35. The van der Waals surface area contributed by atoms with Crippen molar-refractivity contribution in [2.75, 3.05) is 6.54 Å². The van der Waals surface area contributed by atoms with Crippen LogP contribution in [0, 0.1) is 5.92 Å². The third-order valence-electron chi connectivity index (χ3n) is 2.01. The van der Waals surface area contributed by atoms with Gasteiger partial charge in [-0.1, -0.05) is 13.8 Å². The van der Waals surface area contributed by atoms with Gasteiger partial charge >= 0.3 is 0 Å². The molecule has 84 valence electrons. The molecule has 0 aromatic carbocycles. The first-order valence-corrected chi connectivity index (χ1v) is 5.22. The number of rotatable bonds is 6. The van der Waals surface area contributed by atoms with Gasteiger partial charge in [-0.25, -0.2) is 9.67 Å². The quantitative estimate of drug-likeness (QED) is 0.737. The van der Waals surface area contributed by atoms with Crippen molar-refractivity contribution in [1.82, 2.24) is 14.8 Å². The highest BCUT2D eigenvalue weighted by Gasteiger charge is 2.10. The first-order valence-electron chi connectivity index (χ1n) is 5.22. The number of carbonyl (C=O) groups excluding carboxylic acids is 1. The number of hydrogen-bond donors (Lipinski definition) is 1. The zero-order valence-corrected chi connectivity index (χ0v) is 9.31. The SMILES string of the molecule is CC(C)Cn1ncnc1CC(=O)CCN. The Bertz CT molecular complexity index is 319. The molecule has 0 radical (unpaired) electrons. The van der Waals surface area contributed by atoms with E-state index in [2.05, 4.69) is 23.9 Å². The maximum Gasteiger partial charge on any atom is 0.141 e. The minimum Gasteiger partial charge on any atom is -0.330 e. The Hall–Kier alpha value is -1.23. The monoisotopic (exact) mass is 210 g/mol. The molecule has 5 nitrogen and oxygen atoms in total. The van der Waals surface area contributed by atoms with Crippen molar-refractivity contribution < 1.29 is 4.79 Å². The van der Waals surface area contributed by atoms with Crippen molar-refractivity contribution in [1.29, 1.82) is 0 Å². The van der Waals surface area contributed by atoms with Crippen molar-refractivity contribution in [3.63, 3.8) is 0 Å². The summed E-state index contributed by atoms with van der Waals surface area (Å²) in [4.78, 5) is 15.5. The molecule has 0 spiro atoms. The van der Waals surface area contributed by atoms with Crippen molar-refractivity contribution in [3.05, 3.63) is 12.2 Å². The van der Waals surface area contributed by atoms with E-state index in [0.717, 1.165) is 12.4 Å². The predicted molar refractivity (Wildman–Crippen MR) is 57.2 cm³/mol. The zero-order valence-electron chi connectivity index (χ0n) is 9.31. The van der Waals surface area contributed by atoms with E-state index in [1.165, 1.54) is 6.33 Å². The normalized spacial score (nSPS) is 10.9. The average Bonchev–Trinajstić information content (AvgIpc) is 2.52. The Morgan fingerprint density at radius 1 is 1.60 bits per heavy atom. The Kier molecular flexibility index (Phi) is 4.42. The minimum absolute atomic E-state index is 0.121. The summed E-state index contributed by atoms with van der Waals surface area (Å²) in [6.07, 6.45) is 2.24. The maximum absolute atomic E-state index is 11.4. The van der Waals surface area contributed by atoms with Crippen LogP contribution in [0.1, 0.15) is 26.1 Å². The van der Waals surface area contributed by atoms with Crippen LogP contribution in [-0.4, -0.2) is 27.1 Å². The van der Waals surface area contributed by atoms with Gasteiger partial charge in [0.2, 0.25) is 0 Å². The van der Waals surface area contributed by atoms with E-state index < -0.39 is 0 Å². The van der Waals surface area contributed by atoms with Crippen LogP contribution in [0.15, 0.2) is 6.33 Å². The fourth-order valence-corrected chi connectivity index (χ4v) is 1.35. The number of aromatic nitrogens is 3. The van der Waals surface area contributed by atoms with Gasteiger partial charge in [0.25, 0.3) is 0 Å². The smallest absolute Gasteiger partial charge is 0.141 e. The van der Waals surface area contributed by atoms with Crippen LogP contribution in [-0.2, 0) is 17.8 Å². The zero-order chi connectivity index (χ0) is 11.3. The second kappa shape index (κ2) is 5.60. The molecule has 0 fully saturated rings. The third kappa shape index (κ3) is 3.79. The molecule has 1 aromatic rings. The van der Waals surface area contributed by atoms with Gasteiger partial charge in [-0.2, -0.15) is 5.10 Å². The van der Waals surface area contributed by atoms with E-state index in [1.807, 2.05) is 0 Å². The summed E-state index contributed by atoms with van der Waals surface area (Å²) in [5, 5.41) is 4.09. The molecule has 15 heavy (non-hydrogen) atoms. The van der Waals surface area contributed by atoms with Crippen molar-refractivity contribution >= 4 is 5.78 Å². The van der Waals surface area contributed by atoms with Crippen LogP contribution < -0.4 is 5.73 Å². The Morgan fingerprint density at radius 3 is 2.93 bits per heavy atom. The van der Waals surface area contributed by atoms with Gasteiger partial charge in [0.05, 0.1) is 6.42 Å². The van der Waals surface area contributed by atoms with Gasteiger partial charge in [0.1, 0.15) is 17.9 Å². The lowest BCUT2D eigenvalue weighted by atomic mass is 10.2. The van der Waals surface area contributed by atoms with Gasteiger partial charge in [-0.3, -0.25) is 4.79 Å². The van der Waals surface area contributed by atoms with Gasteiger partial charge in [-0.15, -0.1) is 0 Å². The van der Waals surface area contributed by atoms with E-state index in [-0.39, 0.29) is 5.78 Å². The van der Waals surface area contributed by atoms with E-state index in [0.29, 0.717) is 25.3 Å². The number of nitrogens with two attached hydrogens (primary N) is 1. The van der Waals surface area contributed by atoms with Gasteiger partial charge in [0, 0.05) is 13.0 Å². The molecule has 0 bridgehead atoms. The highest BCUT2D eigenvalue weighted by molar-refractivity contribution is 5.80. The van der Waals surface area contributed by atoms with Gasteiger partial charge < -0.3 is 5.73 Å². The van der Waals surface area contributed by atoms with E-state index in [4.69, 9.17) is 5.73 Å². The van der Waals surface area contributed by atoms with Crippen LogP contribution >= 0.6 is 0 Å². The predicted octanol–water partition coefficient (Wildman–Crippen LogP) is 0.394. The van der Waals surface area contributed by atoms with Crippen LogP contribution in [0.2, 0.25) is 0 Å². The molecular formula is C10H18N4O. The Balaban J connectivity index is 2.60. The topological polar surface area (TPSA) is 73.8 Å². The number of carbonyl (C=O) groups is 1. The summed E-state index contributed by atoms with van der Waals surface area (Å²) in [6, 6.07) is 0. The Morgan fingerprint density at radius 2 is 2.33 bits per heavy atom. The van der Waals surface area contributed by atoms with Crippen molar-refractivity contribution in [2.45, 2.75) is 33.2 Å². The molecule has 0 aliphatic rings. The lowest BCUT2D eigenvalue weighted by Gasteiger charge is -2.07. The van der Waals surface area contributed by atoms with E-state index >= 15 is 0 Å². The summed E-state index contributed by atoms with van der Waals surface area (Å²) in [7, 11) is 0. The van der Waals surface area contributed by atoms with Crippen molar-refractivity contribution in [2.24, 2.45) is 11.7 Å². The van der Waals surface area contributed by atoms with E-state index in [1.54, 1.807) is 4.68 Å².